The number of rotatable bonds is 4. The van der Waals surface area contributed by atoms with Gasteiger partial charge < -0.3 is 15.2 Å². The Bertz CT molecular complexity index is 820. The summed E-state index contributed by atoms with van der Waals surface area (Å²) in [6, 6.07) is 7.30. The van der Waals surface area contributed by atoms with E-state index in [1.807, 2.05) is 17.5 Å². The number of thiazole rings is 1. The number of nitrogens with one attached hydrogen (secondary N) is 1. The van der Waals surface area contributed by atoms with Crippen LogP contribution in [-0.2, 0) is 9.59 Å². The average molecular weight is 376 g/mol. The number of carbonyl (C=O) groups excluding carboxylic acids is 2. The van der Waals surface area contributed by atoms with Crippen LogP contribution in [0.4, 0.5) is 5.13 Å². The lowest BCUT2D eigenvalue weighted by atomic mass is 9.79. The molecule has 2 fully saturated rings. The Balaban J connectivity index is 1.50. The second kappa shape index (κ2) is 6.42. The van der Waals surface area contributed by atoms with Crippen molar-refractivity contribution in [3.8, 4) is 11.3 Å². The molecular formula is C18H16ClN2O3S-. The average Bonchev–Trinajstić information content (AvgIpc) is 3.30. The lowest BCUT2D eigenvalue weighted by molar-refractivity contribution is -0.314. The van der Waals surface area contributed by atoms with E-state index in [2.05, 4.69) is 10.3 Å². The van der Waals surface area contributed by atoms with Crippen molar-refractivity contribution in [1.29, 1.82) is 0 Å². The largest absolute Gasteiger partial charge is 0.550 e. The molecule has 0 radical (unpaired) electrons. The zero-order chi connectivity index (χ0) is 17.6. The normalized spacial score (nSPS) is 27.4. The van der Waals surface area contributed by atoms with Gasteiger partial charge in [0.05, 0.1) is 5.69 Å². The van der Waals surface area contributed by atoms with Crippen LogP contribution in [-0.4, -0.2) is 16.9 Å². The maximum Gasteiger partial charge on any atom is 0.230 e. The van der Waals surface area contributed by atoms with Crippen molar-refractivity contribution in [1.82, 2.24) is 4.98 Å². The predicted molar refractivity (Wildman–Crippen MR) is 94.0 cm³/mol. The number of fused-ring (bicyclic) bond motifs is 2. The van der Waals surface area contributed by atoms with Gasteiger partial charge in [-0.05, 0) is 43.2 Å². The number of carboxylic acids is 1. The van der Waals surface area contributed by atoms with E-state index >= 15 is 0 Å². The highest BCUT2D eigenvalue weighted by molar-refractivity contribution is 7.14. The molecule has 130 valence electrons. The number of nitrogens with zero attached hydrogens (tertiary/aromatic N) is 1. The number of hydrogen-bond donors (Lipinski definition) is 1. The van der Waals surface area contributed by atoms with Crippen LogP contribution in [0.25, 0.3) is 11.3 Å². The molecule has 1 N–H and O–H groups in total. The molecule has 4 rings (SSSR count). The lowest BCUT2D eigenvalue weighted by Gasteiger charge is -2.30. The Morgan fingerprint density at radius 1 is 1.16 bits per heavy atom. The lowest BCUT2D eigenvalue weighted by Crippen LogP contribution is -2.43. The summed E-state index contributed by atoms with van der Waals surface area (Å²) in [6.07, 6.45) is 2.61. The minimum atomic E-state index is -1.10. The second-order valence-corrected chi connectivity index (χ2v) is 8.03. The number of carboxylic acid groups (broad SMARTS) is 1. The monoisotopic (exact) mass is 375 g/mol. The van der Waals surface area contributed by atoms with Crippen LogP contribution in [0.1, 0.15) is 19.3 Å². The number of hydrogen-bond acceptors (Lipinski definition) is 5. The molecule has 2 saturated carbocycles. The molecule has 1 heterocycles. The smallest absolute Gasteiger partial charge is 0.230 e. The molecule has 2 aliphatic carbocycles. The fourth-order valence-corrected chi connectivity index (χ4v) is 5.13. The maximum atomic E-state index is 12.7. The van der Waals surface area contributed by atoms with Crippen molar-refractivity contribution in [2.75, 3.05) is 5.32 Å². The Labute approximate surface area is 154 Å². The molecule has 25 heavy (non-hydrogen) atoms. The van der Waals surface area contributed by atoms with E-state index in [1.165, 1.54) is 11.3 Å². The minimum absolute atomic E-state index is 0.0756. The molecule has 2 aromatic rings. The summed E-state index contributed by atoms with van der Waals surface area (Å²) >= 11 is 7.21. The third kappa shape index (κ3) is 3.04. The molecule has 0 unspecified atom stereocenters. The van der Waals surface area contributed by atoms with Crippen molar-refractivity contribution in [2.45, 2.75) is 19.3 Å². The number of aromatic nitrogens is 1. The topological polar surface area (TPSA) is 82.1 Å². The molecule has 1 aromatic heterocycles. The van der Waals surface area contributed by atoms with Gasteiger partial charge >= 0.3 is 0 Å². The maximum absolute atomic E-state index is 12.7. The number of halogens is 1. The molecule has 2 bridgehead atoms. The van der Waals surface area contributed by atoms with E-state index in [9.17, 15) is 14.7 Å². The van der Waals surface area contributed by atoms with Gasteiger partial charge in [0, 0.05) is 33.8 Å². The van der Waals surface area contributed by atoms with Gasteiger partial charge in [-0.2, -0.15) is 0 Å². The third-order valence-corrected chi connectivity index (χ3v) is 6.38. The molecule has 2 aliphatic rings. The summed E-state index contributed by atoms with van der Waals surface area (Å²) < 4.78 is 0. The zero-order valence-corrected chi connectivity index (χ0v) is 14.8. The van der Waals surface area contributed by atoms with E-state index in [1.54, 1.807) is 12.1 Å². The SMILES string of the molecule is O=C(Nc1nc(-c2ccc(Cl)cc2)cs1)[C@@H]1[C@@H]2CC[C@@H](C2)[C@@H]1C(=O)[O-]. The van der Waals surface area contributed by atoms with E-state index < -0.39 is 17.8 Å². The summed E-state index contributed by atoms with van der Waals surface area (Å²) in [5, 5.41) is 17.3. The van der Waals surface area contributed by atoms with Crippen LogP contribution in [0.3, 0.4) is 0 Å². The van der Waals surface area contributed by atoms with Gasteiger partial charge in [-0.1, -0.05) is 23.7 Å². The number of amides is 1. The summed E-state index contributed by atoms with van der Waals surface area (Å²) in [4.78, 5) is 28.6. The van der Waals surface area contributed by atoms with Crippen molar-refractivity contribution >= 4 is 39.9 Å². The molecule has 7 heteroatoms. The molecule has 5 nitrogen and oxygen atoms in total. The van der Waals surface area contributed by atoms with Crippen molar-refractivity contribution < 1.29 is 14.7 Å². The number of aliphatic carboxylic acids is 1. The van der Waals surface area contributed by atoms with Crippen molar-refractivity contribution in [3.63, 3.8) is 0 Å². The zero-order valence-electron chi connectivity index (χ0n) is 13.3. The van der Waals surface area contributed by atoms with Gasteiger partial charge in [-0.15, -0.1) is 11.3 Å². The highest BCUT2D eigenvalue weighted by Crippen LogP contribution is 2.52. The van der Waals surface area contributed by atoms with Gasteiger partial charge in [0.1, 0.15) is 0 Å². The Kier molecular flexibility index (Phi) is 4.25. The summed E-state index contributed by atoms with van der Waals surface area (Å²) in [5.74, 6) is -2.32. The Hall–Kier alpha value is -1.92. The third-order valence-electron chi connectivity index (χ3n) is 5.37. The van der Waals surface area contributed by atoms with Crippen LogP contribution >= 0.6 is 22.9 Å². The van der Waals surface area contributed by atoms with Crippen molar-refractivity contribution in [3.05, 3.63) is 34.7 Å². The van der Waals surface area contributed by atoms with Gasteiger partial charge in [0.15, 0.2) is 5.13 Å². The standard InChI is InChI=1S/C18H17ClN2O3S/c19-12-5-3-9(4-6-12)13-8-25-18(20-13)21-16(22)14-10-1-2-11(7-10)15(14)17(23)24/h3-6,8,10-11,14-15H,1-2,7H2,(H,23,24)(H,20,21,22)/p-1/t10-,11+,14-,15+/m1/s1. The van der Waals surface area contributed by atoms with Crippen LogP contribution in [0.15, 0.2) is 29.6 Å². The molecule has 1 amide bonds. The Morgan fingerprint density at radius 3 is 2.52 bits per heavy atom. The molecular weight excluding hydrogens is 360 g/mol. The summed E-state index contributed by atoms with van der Waals surface area (Å²) in [6.45, 7) is 0. The number of carbonyl (C=O) groups is 2. The fourth-order valence-electron chi connectivity index (χ4n) is 4.28. The van der Waals surface area contributed by atoms with Crippen LogP contribution in [0.5, 0.6) is 0 Å². The summed E-state index contributed by atoms with van der Waals surface area (Å²) in [5.41, 5.74) is 1.66. The summed E-state index contributed by atoms with van der Waals surface area (Å²) in [7, 11) is 0. The first kappa shape index (κ1) is 16.5. The van der Waals surface area contributed by atoms with Crippen molar-refractivity contribution in [2.24, 2.45) is 23.7 Å². The first-order valence-electron chi connectivity index (χ1n) is 8.26. The molecule has 0 saturated heterocycles. The number of anilines is 1. The molecule has 1 aromatic carbocycles. The first-order chi connectivity index (χ1) is 12.0. The second-order valence-electron chi connectivity index (χ2n) is 6.74. The molecule has 0 spiro atoms. The highest BCUT2D eigenvalue weighted by atomic mass is 35.5. The number of benzene rings is 1. The first-order valence-corrected chi connectivity index (χ1v) is 9.52. The molecule has 0 aliphatic heterocycles. The van der Waals surface area contributed by atoms with Gasteiger partial charge in [0.2, 0.25) is 5.91 Å². The van der Waals surface area contributed by atoms with E-state index in [0.29, 0.717) is 10.2 Å². The highest BCUT2D eigenvalue weighted by Gasteiger charge is 2.51. The fraction of sp³-hybridized carbons (Fsp3) is 0.389. The minimum Gasteiger partial charge on any atom is -0.550 e. The van der Waals surface area contributed by atoms with Crippen LogP contribution < -0.4 is 10.4 Å². The van der Waals surface area contributed by atoms with Gasteiger partial charge in [-0.25, -0.2) is 4.98 Å². The Morgan fingerprint density at radius 2 is 1.84 bits per heavy atom. The quantitative estimate of drug-likeness (QED) is 0.890. The van der Waals surface area contributed by atoms with Gasteiger partial charge in [0.25, 0.3) is 0 Å². The molecule has 4 atom stereocenters. The van der Waals surface area contributed by atoms with Crippen LogP contribution in [0.2, 0.25) is 5.02 Å². The van der Waals surface area contributed by atoms with E-state index in [4.69, 9.17) is 11.6 Å². The van der Waals surface area contributed by atoms with Gasteiger partial charge in [-0.3, -0.25) is 4.79 Å². The predicted octanol–water partition coefficient (Wildman–Crippen LogP) is 2.81. The van der Waals surface area contributed by atoms with E-state index in [0.717, 1.165) is 30.5 Å². The van der Waals surface area contributed by atoms with Crippen LogP contribution in [0, 0.1) is 23.7 Å². The van der Waals surface area contributed by atoms with E-state index in [-0.39, 0.29) is 17.7 Å².